The Morgan fingerprint density at radius 1 is 1.24 bits per heavy atom. The first-order valence-corrected chi connectivity index (χ1v) is 8.02. The Bertz CT molecular complexity index is 684. The fourth-order valence-corrected chi connectivity index (χ4v) is 2.91. The van der Waals surface area contributed by atoms with Crippen molar-refractivity contribution in [3.63, 3.8) is 0 Å². The zero-order valence-electron chi connectivity index (χ0n) is 11.6. The van der Waals surface area contributed by atoms with E-state index in [1.807, 2.05) is 6.92 Å². The van der Waals surface area contributed by atoms with E-state index in [0.29, 0.717) is 17.9 Å². The summed E-state index contributed by atoms with van der Waals surface area (Å²) in [7, 11) is -3.93. The van der Waals surface area contributed by atoms with Gasteiger partial charge in [0.25, 0.3) is 0 Å². The second kappa shape index (κ2) is 6.84. The van der Waals surface area contributed by atoms with Gasteiger partial charge in [-0.05, 0) is 36.4 Å². The maximum Gasteiger partial charge on any atom is 0.243 e. The second-order valence-corrected chi connectivity index (χ2v) is 6.18. The van der Waals surface area contributed by atoms with Crippen molar-refractivity contribution in [1.29, 1.82) is 0 Å². The van der Waals surface area contributed by atoms with Crippen LogP contribution in [0.25, 0.3) is 0 Å². The van der Waals surface area contributed by atoms with Gasteiger partial charge in [0.1, 0.15) is 16.5 Å². The van der Waals surface area contributed by atoms with Gasteiger partial charge in [0, 0.05) is 6.54 Å². The molecule has 0 saturated heterocycles. The van der Waals surface area contributed by atoms with E-state index in [-0.39, 0.29) is 11.4 Å². The van der Waals surface area contributed by atoms with Crippen LogP contribution in [0.5, 0.6) is 0 Å². The van der Waals surface area contributed by atoms with E-state index in [4.69, 9.17) is 4.42 Å². The minimum atomic E-state index is -3.93. The Hall–Kier alpha value is -1.70. The zero-order chi connectivity index (χ0) is 15.3. The van der Waals surface area contributed by atoms with Gasteiger partial charge < -0.3 is 9.73 Å². The second-order valence-electron chi connectivity index (χ2n) is 4.45. The molecule has 114 valence electrons. The third-order valence-corrected chi connectivity index (χ3v) is 4.30. The van der Waals surface area contributed by atoms with Gasteiger partial charge in [0.2, 0.25) is 10.0 Å². The smallest absolute Gasteiger partial charge is 0.243 e. The van der Waals surface area contributed by atoms with Crippen LogP contribution in [0.3, 0.4) is 0 Å². The number of halogens is 1. The highest BCUT2D eigenvalue weighted by molar-refractivity contribution is 7.89. The standard InChI is InChI=1S/C14H17FN2O3S/c1-2-16-9-11-5-6-13(15)14(8-11)21(18,19)17-10-12-4-3-7-20-12/h3-8,16-17H,2,9-10H2,1H3. The van der Waals surface area contributed by atoms with Crippen LogP contribution in [0, 0.1) is 5.82 Å². The Morgan fingerprint density at radius 3 is 2.71 bits per heavy atom. The summed E-state index contributed by atoms with van der Waals surface area (Å²) in [6.45, 7) is 3.14. The largest absolute Gasteiger partial charge is 0.468 e. The SMILES string of the molecule is CCNCc1ccc(F)c(S(=O)(=O)NCc2ccco2)c1. The molecule has 1 heterocycles. The Kier molecular flexibility index (Phi) is 5.11. The van der Waals surface area contributed by atoms with E-state index in [0.717, 1.165) is 12.6 Å². The van der Waals surface area contributed by atoms with Crippen molar-refractivity contribution in [2.45, 2.75) is 24.9 Å². The van der Waals surface area contributed by atoms with Gasteiger partial charge >= 0.3 is 0 Å². The fourth-order valence-electron chi connectivity index (χ4n) is 1.79. The van der Waals surface area contributed by atoms with Crippen molar-refractivity contribution in [1.82, 2.24) is 10.0 Å². The van der Waals surface area contributed by atoms with Crippen LogP contribution in [0.4, 0.5) is 4.39 Å². The molecule has 0 aliphatic heterocycles. The summed E-state index contributed by atoms with van der Waals surface area (Å²) < 4.78 is 45.5. The molecular formula is C14H17FN2O3S. The highest BCUT2D eigenvalue weighted by atomic mass is 32.2. The lowest BCUT2D eigenvalue weighted by molar-refractivity contribution is 0.496. The summed E-state index contributed by atoms with van der Waals surface area (Å²) in [5.41, 5.74) is 0.705. The highest BCUT2D eigenvalue weighted by Gasteiger charge is 2.19. The summed E-state index contributed by atoms with van der Waals surface area (Å²) in [5.74, 6) is -0.315. The first kappa shape index (κ1) is 15.7. The Labute approximate surface area is 123 Å². The van der Waals surface area contributed by atoms with Gasteiger partial charge in [0.05, 0.1) is 12.8 Å². The van der Waals surface area contributed by atoms with E-state index in [1.165, 1.54) is 12.3 Å². The molecule has 2 aromatic rings. The third-order valence-electron chi connectivity index (χ3n) is 2.88. The van der Waals surface area contributed by atoms with E-state index in [1.54, 1.807) is 18.2 Å². The van der Waals surface area contributed by atoms with Gasteiger partial charge in [-0.1, -0.05) is 13.0 Å². The van der Waals surface area contributed by atoms with Gasteiger partial charge in [0.15, 0.2) is 0 Å². The lowest BCUT2D eigenvalue weighted by atomic mass is 10.2. The van der Waals surface area contributed by atoms with Crippen LogP contribution in [-0.2, 0) is 23.1 Å². The van der Waals surface area contributed by atoms with Crippen molar-refractivity contribution < 1.29 is 17.2 Å². The molecule has 0 saturated carbocycles. The van der Waals surface area contributed by atoms with Gasteiger partial charge in [-0.25, -0.2) is 17.5 Å². The molecule has 5 nitrogen and oxygen atoms in total. The monoisotopic (exact) mass is 312 g/mol. The van der Waals surface area contributed by atoms with Crippen LogP contribution >= 0.6 is 0 Å². The van der Waals surface area contributed by atoms with Gasteiger partial charge in [-0.15, -0.1) is 0 Å². The van der Waals surface area contributed by atoms with Gasteiger partial charge in [-0.2, -0.15) is 0 Å². The number of benzene rings is 1. The first-order chi connectivity index (χ1) is 10.0. The molecule has 1 aromatic heterocycles. The van der Waals surface area contributed by atoms with Crippen LogP contribution in [0.2, 0.25) is 0 Å². The van der Waals surface area contributed by atoms with E-state index in [9.17, 15) is 12.8 Å². The Balaban J connectivity index is 2.17. The first-order valence-electron chi connectivity index (χ1n) is 6.54. The molecule has 0 bridgehead atoms. The lowest BCUT2D eigenvalue weighted by Crippen LogP contribution is -2.24. The number of sulfonamides is 1. The molecule has 21 heavy (non-hydrogen) atoms. The average molecular weight is 312 g/mol. The summed E-state index contributed by atoms with van der Waals surface area (Å²) in [6.07, 6.45) is 1.45. The number of nitrogens with one attached hydrogen (secondary N) is 2. The van der Waals surface area contributed by atoms with Crippen molar-refractivity contribution >= 4 is 10.0 Å². The summed E-state index contributed by atoms with van der Waals surface area (Å²) >= 11 is 0. The topological polar surface area (TPSA) is 71.3 Å². The average Bonchev–Trinajstić information content (AvgIpc) is 2.97. The Morgan fingerprint density at radius 2 is 2.05 bits per heavy atom. The third kappa shape index (κ3) is 4.13. The minimum absolute atomic E-state index is 0.0216. The minimum Gasteiger partial charge on any atom is -0.468 e. The number of hydrogen-bond donors (Lipinski definition) is 2. The molecule has 2 rings (SSSR count). The van der Waals surface area contributed by atoms with Crippen LogP contribution < -0.4 is 10.0 Å². The van der Waals surface area contributed by atoms with E-state index >= 15 is 0 Å². The molecule has 1 aromatic carbocycles. The van der Waals surface area contributed by atoms with Crippen molar-refractivity contribution in [2.24, 2.45) is 0 Å². The van der Waals surface area contributed by atoms with Crippen LogP contribution in [0.15, 0.2) is 45.9 Å². The molecule has 0 atom stereocenters. The van der Waals surface area contributed by atoms with E-state index < -0.39 is 15.8 Å². The summed E-state index contributed by atoms with van der Waals surface area (Å²) in [5, 5.41) is 3.06. The number of furan rings is 1. The fraction of sp³-hybridized carbons (Fsp3) is 0.286. The molecule has 0 spiro atoms. The molecule has 0 amide bonds. The normalized spacial score (nSPS) is 11.7. The lowest BCUT2D eigenvalue weighted by Gasteiger charge is -2.09. The highest BCUT2D eigenvalue weighted by Crippen LogP contribution is 2.17. The predicted octanol–water partition coefficient (Wildman–Crippen LogP) is 2.01. The molecule has 0 fully saturated rings. The van der Waals surface area contributed by atoms with Crippen molar-refractivity contribution in [2.75, 3.05) is 6.54 Å². The zero-order valence-corrected chi connectivity index (χ0v) is 12.4. The quantitative estimate of drug-likeness (QED) is 0.820. The molecule has 0 aliphatic rings. The molecule has 2 N–H and O–H groups in total. The van der Waals surface area contributed by atoms with Crippen LogP contribution in [-0.4, -0.2) is 15.0 Å². The van der Waals surface area contributed by atoms with Gasteiger partial charge in [-0.3, -0.25) is 0 Å². The molecule has 0 aliphatic carbocycles. The number of rotatable bonds is 7. The molecular weight excluding hydrogens is 295 g/mol. The maximum atomic E-state index is 13.8. The molecule has 7 heteroatoms. The maximum absolute atomic E-state index is 13.8. The summed E-state index contributed by atoms with van der Waals surface area (Å²) in [6, 6.07) is 7.35. The van der Waals surface area contributed by atoms with E-state index in [2.05, 4.69) is 10.0 Å². The predicted molar refractivity (Wildman–Crippen MR) is 76.5 cm³/mol. The summed E-state index contributed by atoms with van der Waals surface area (Å²) in [4.78, 5) is -0.357. The molecule has 0 unspecified atom stereocenters. The molecule has 0 radical (unpaired) electrons. The number of hydrogen-bond acceptors (Lipinski definition) is 4. The van der Waals surface area contributed by atoms with Crippen molar-refractivity contribution in [3.05, 3.63) is 53.7 Å². The van der Waals surface area contributed by atoms with Crippen LogP contribution in [0.1, 0.15) is 18.2 Å². The van der Waals surface area contributed by atoms with Crippen molar-refractivity contribution in [3.8, 4) is 0 Å².